The quantitative estimate of drug-likeness (QED) is 0.483. The van der Waals surface area contributed by atoms with Crippen LogP contribution in [0, 0.1) is 5.92 Å². The second-order valence-electron chi connectivity index (χ2n) is 10.1. The SMILES string of the molecule is COc1cc2c(C(N)=O)nn(CC(=O)N3[C@@H]4C[C@@H]4C[C@H]3C(=O)N[C@@H]3C[C@@H]3c3ccccc3)c2cc1OC. The number of carbonyl (C=O) groups is 3. The maximum absolute atomic E-state index is 13.6. The summed E-state index contributed by atoms with van der Waals surface area (Å²) in [6.45, 7) is -0.123. The summed E-state index contributed by atoms with van der Waals surface area (Å²) in [5, 5.41) is 7.98. The van der Waals surface area contributed by atoms with E-state index in [9.17, 15) is 14.4 Å². The van der Waals surface area contributed by atoms with Crippen molar-refractivity contribution in [3.63, 3.8) is 0 Å². The number of hydrogen-bond donors (Lipinski definition) is 2. The summed E-state index contributed by atoms with van der Waals surface area (Å²) in [5.41, 5.74) is 7.36. The number of nitrogens with zero attached hydrogens (tertiary/aromatic N) is 3. The zero-order valence-electron chi connectivity index (χ0n) is 20.7. The Balaban J connectivity index is 1.21. The van der Waals surface area contributed by atoms with Crippen molar-refractivity contribution in [2.75, 3.05) is 14.2 Å². The third kappa shape index (κ3) is 4.06. The van der Waals surface area contributed by atoms with Gasteiger partial charge in [0.25, 0.3) is 5.91 Å². The van der Waals surface area contributed by atoms with Crippen LogP contribution in [0.25, 0.3) is 10.9 Å². The van der Waals surface area contributed by atoms with E-state index in [4.69, 9.17) is 15.2 Å². The van der Waals surface area contributed by atoms with Crippen LogP contribution in [0.15, 0.2) is 42.5 Å². The van der Waals surface area contributed by atoms with Crippen LogP contribution in [0.3, 0.4) is 0 Å². The molecule has 2 aliphatic carbocycles. The van der Waals surface area contributed by atoms with Crippen LogP contribution < -0.4 is 20.5 Å². The first kappa shape index (κ1) is 23.3. The number of aromatic nitrogens is 2. The van der Waals surface area contributed by atoms with Gasteiger partial charge in [-0.05, 0) is 36.8 Å². The fourth-order valence-corrected chi connectivity index (χ4v) is 5.76. The van der Waals surface area contributed by atoms with E-state index in [-0.39, 0.29) is 36.1 Å². The number of ether oxygens (including phenoxy) is 2. The van der Waals surface area contributed by atoms with Crippen molar-refractivity contribution in [3.05, 3.63) is 53.7 Å². The standard InChI is InChI=1S/C27H29N5O5/c1-36-22-11-17-20(12-23(22)37-2)31(30-25(17)26(28)34)13-24(33)32-19-8-15(19)9-21(32)27(35)29-18-10-16(18)14-6-4-3-5-7-14/h3-7,11-12,15-16,18-19,21H,8-10,13H2,1-2H3,(H2,28,34)(H,29,35)/t15-,16-,18-,19-,21+/m1/s1. The van der Waals surface area contributed by atoms with E-state index >= 15 is 0 Å². The molecule has 192 valence electrons. The summed E-state index contributed by atoms with van der Waals surface area (Å²) in [4.78, 5) is 40.6. The molecule has 2 aromatic carbocycles. The molecule has 1 saturated heterocycles. The molecule has 3 N–H and O–H groups in total. The van der Waals surface area contributed by atoms with Crippen molar-refractivity contribution < 1.29 is 23.9 Å². The molecule has 5 atom stereocenters. The van der Waals surface area contributed by atoms with Gasteiger partial charge in [-0.15, -0.1) is 0 Å². The van der Waals surface area contributed by atoms with Crippen molar-refractivity contribution in [1.29, 1.82) is 0 Å². The number of likely N-dealkylation sites (tertiary alicyclic amines) is 1. The smallest absolute Gasteiger partial charge is 0.269 e. The number of nitrogens with two attached hydrogens (primary N) is 1. The zero-order chi connectivity index (χ0) is 25.8. The topological polar surface area (TPSA) is 129 Å². The minimum Gasteiger partial charge on any atom is -0.493 e. The van der Waals surface area contributed by atoms with Gasteiger partial charge in [-0.3, -0.25) is 19.1 Å². The molecule has 1 aliphatic heterocycles. The summed E-state index contributed by atoms with van der Waals surface area (Å²) >= 11 is 0. The molecule has 3 fully saturated rings. The van der Waals surface area contributed by atoms with Crippen molar-refractivity contribution in [1.82, 2.24) is 20.0 Å². The summed E-state index contributed by atoms with van der Waals surface area (Å²) in [7, 11) is 3.00. The minimum absolute atomic E-state index is 0.0458. The van der Waals surface area contributed by atoms with Gasteiger partial charge in [0.2, 0.25) is 11.8 Å². The fraction of sp³-hybridized carbons (Fsp3) is 0.407. The Morgan fingerprint density at radius 2 is 1.78 bits per heavy atom. The lowest BCUT2D eigenvalue weighted by atomic mass is 10.1. The number of methoxy groups -OCH3 is 2. The van der Waals surface area contributed by atoms with E-state index in [1.54, 1.807) is 17.0 Å². The normalized spacial score (nSPS) is 25.5. The Morgan fingerprint density at radius 3 is 2.49 bits per heavy atom. The predicted molar refractivity (Wildman–Crippen MR) is 134 cm³/mol. The van der Waals surface area contributed by atoms with Crippen LogP contribution in [0.1, 0.15) is 41.2 Å². The predicted octanol–water partition coefficient (Wildman–Crippen LogP) is 1.81. The molecule has 2 heterocycles. The second kappa shape index (κ2) is 8.79. The molecular formula is C27H29N5O5. The lowest BCUT2D eigenvalue weighted by molar-refractivity contribution is -0.140. The van der Waals surface area contributed by atoms with Gasteiger partial charge < -0.3 is 25.4 Å². The lowest BCUT2D eigenvalue weighted by Crippen LogP contribution is -2.49. The molecule has 0 unspecified atom stereocenters. The Hall–Kier alpha value is -4.08. The molecule has 10 nitrogen and oxygen atoms in total. The third-order valence-electron chi connectivity index (χ3n) is 7.82. The maximum atomic E-state index is 13.6. The summed E-state index contributed by atoms with van der Waals surface area (Å²) in [6.07, 6.45) is 2.48. The first-order valence-electron chi connectivity index (χ1n) is 12.5. The van der Waals surface area contributed by atoms with E-state index in [1.807, 2.05) is 18.2 Å². The van der Waals surface area contributed by atoms with E-state index in [0.29, 0.717) is 40.7 Å². The van der Waals surface area contributed by atoms with Crippen molar-refractivity contribution in [2.24, 2.45) is 11.7 Å². The molecular weight excluding hydrogens is 474 g/mol. The Morgan fingerprint density at radius 1 is 1.05 bits per heavy atom. The van der Waals surface area contributed by atoms with Crippen molar-refractivity contribution >= 4 is 28.6 Å². The van der Waals surface area contributed by atoms with Gasteiger partial charge in [0.15, 0.2) is 17.2 Å². The maximum Gasteiger partial charge on any atom is 0.269 e. The van der Waals surface area contributed by atoms with Crippen LogP contribution in [0.5, 0.6) is 11.5 Å². The number of carbonyl (C=O) groups excluding carboxylic acids is 3. The first-order chi connectivity index (χ1) is 17.9. The highest BCUT2D eigenvalue weighted by molar-refractivity contribution is 6.05. The van der Waals surface area contributed by atoms with Gasteiger partial charge in [-0.25, -0.2) is 0 Å². The van der Waals surface area contributed by atoms with E-state index < -0.39 is 11.9 Å². The highest BCUT2D eigenvalue weighted by Crippen LogP contribution is 2.48. The van der Waals surface area contributed by atoms with Gasteiger partial charge >= 0.3 is 0 Å². The first-order valence-corrected chi connectivity index (χ1v) is 12.5. The molecule has 3 amide bonds. The molecule has 10 heteroatoms. The number of primary amides is 1. The molecule has 3 aromatic rings. The van der Waals surface area contributed by atoms with E-state index in [0.717, 1.165) is 12.8 Å². The van der Waals surface area contributed by atoms with Gasteiger partial charge in [-0.2, -0.15) is 5.10 Å². The average Bonchev–Trinajstić information content (AvgIpc) is 3.78. The van der Waals surface area contributed by atoms with Crippen LogP contribution in [-0.4, -0.2) is 64.7 Å². The number of amides is 3. The molecule has 6 rings (SSSR count). The zero-order valence-corrected chi connectivity index (χ0v) is 20.7. The number of benzene rings is 2. The van der Waals surface area contributed by atoms with Crippen LogP contribution in [-0.2, 0) is 16.1 Å². The highest BCUT2D eigenvalue weighted by atomic mass is 16.5. The minimum atomic E-state index is -0.707. The third-order valence-corrected chi connectivity index (χ3v) is 7.82. The van der Waals surface area contributed by atoms with E-state index in [1.165, 1.54) is 24.5 Å². The van der Waals surface area contributed by atoms with Gasteiger partial charge in [-0.1, -0.05) is 30.3 Å². The average molecular weight is 504 g/mol. The molecule has 0 radical (unpaired) electrons. The molecule has 0 bridgehead atoms. The van der Waals surface area contributed by atoms with Crippen molar-refractivity contribution in [3.8, 4) is 11.5 Å². The second-order valence-corrected chi connectivity index (χ2v) is 10.1. The Kier molecular flexibility index (Phi) is 5.54. The van der Waals surface area contributed by atoms with Crippen molar-refractivity contribution in [2.45, 2.75) is 49.9 Å². The highest BCUT2D eigenvalue weighted by Gasteiger charge is 2.56. The number of nitrogens with one attached hydrogen (secondary N) is 1. The summed E-state index contributed by atoms with van der Waals surface area (Å²) < 4.78 is 12.2. The monoisotopic (exact) mass is 503 g/mol. The van der Waals surface area contributed by atoms with E-state index in [2.05, 4.69) is 22.5 Å². The van der Waals surface area contributed by atoms with Crippen LogP contribution in [0.2, 0.25) is 0 Å². The molecule has 37 heavy (non-hydrogen) atoms. The summed E-state index contributed by atoms with van der Waals surface area (Å²) in [5.74, 6) is 0.520. The van der Waals surface area contributed by atoms with Crippen LogP contribution in [0.4, 0.5) is 0 Å². The number of rotatable bonds is 8. The fourth-order valence-electron chi connectivity index (χ4n) is 5.76. The molecule has 1 aromatic heterocycles. The largest absolute Gasteiger partial charge is 0.493 e. The lowest BCUT2D eigenvalue weighted by Gasteiger charge is -2.27. The Labute approximate surface area is 213 Å². The molecule has 0 spiro atoms. The van der Waals surface area contributed by atoms with Gasteiger partial charge in [0.1, 0.15) is 12.6 Å². The number of hydrogen-bond acceptors (Lipinski definition) is 6. The molecule has 3 aliphatic rings. The number of piperidine rings is 1. The van der Waals surface area contributed by atoms with Gasteiger partial charge in [0.05, 0.1) is 19.7 Å². The summed E-state index contributed by atoms with van der Waals surface area (Å²) in [6, 6.07) is 13.1. The van der Waals surface area contributed by atoms with Gasteiger partial charge in [0, 0.05) is 29.5 Å². The Bertz CT molecular complexity index is 1400. The number of fused-ring (bicyclic) bond motifs is 2. The molecule has 2 saturated carbocycles. The van der Waals surface area contributed by atoms with Crippen LogP contribution >= 0.6 is 0 Å².